The van der Waals surface area contributed by atoms with Crippen molar-refractivity contribution >= 4 is 22.7 Å². The number of nitrogens with two attached hydrogens (primary N) is 1. The summed E-state index contributed by atoms with van der Waals surface area (Å²) in [6, 6.07) is 23.1. The van der Waals surface area contributed by atoms with Gasteiger partial charge < -0.3 is 15.8 Å². The summed E-state index contributed by atoms with van der Waals surface area (Å²) < 4.78 is 4.67. The molecule has 1 saturated carbocycles. The van der Waals surface area contributed by atoms with Crippen LogP contribution < -0.4 is 11.1 Å². The minimum atomic E-state index is -0.723. The minimum Gasteiger partial charge on any atom is -0.388 e. The van der Waals surface area contributed by atoms with Gasteiger partial charge in [0.2, 0.25) is 0 Å². The van der Waals surface area contributed by atoms with Crippen molar-refractivity contribution in [2.45, 2.75) is 44.2 Å². The molecule has 4 rings (SSSR count). The van der Waals surface area contributed by atoms with Crippen LogP contribution in [0.25, 0.3) is 10.8 Å². The Morgan fingerprint density at radius 3 is 2.55 bits per heavy atom. The smallest absolute Gasteiger partial charge is 0.345 e. The lowest BCUT2D eigenvalue weighted by molar-refractivity contribution is -0.136. The van der Waals surface area contributed by atoms with Crippen LogP contribution in [-0.2, 0) is 9.53 Å². The fourth-order valence-corrected chi connectivity index (χ4v) is 4.60. The minimum absolute atomic E-state index is 0.270. The van der Waals surface area contributed by atoms with E-state index in [1.165, 1.54) is 21.9 Å². The van der Waals surface area contributed by atoms with Crippen molar-refractivity contribution in [3.8, 4) is 0 Å². The molecule has 0 aliphatic heterocycles. The maximum Gasteiger partial charge on any atom is 0.345 e. The van der Waals surface area contributed by atoms with E-state index in [0.29, 0.717) is 17.5 Å². The zero-order valence-electron chi connectivity index (χ0n) is 17.7. The van der Waals surface area contributed by atoms with E-state index in [1.807, 2.05) is 12.1 Å². The average molecular weight is 417 g/mol. The maximum atomic E-state index is 11.9. The molecule has 0 spiro atoms. The second-order valence-electron chi connectivity index (χ2n) is 8.25. The van der Waals surface area contributed by atoms with Crippen molar-refractivity contribution in [2.75, 3.05) is 6.54 Å². The molecule has 0 saturated heterocycles. The number of carbonyl (C=O) groups is 2. The Balaban J connectivity index is 1.38. The highest BCUT2D eigenvalue weighted by molar-refractivity contribution is 5.97. The second kappa shape index (κ2) is 9.41. The van der Waals surface area contributed by atoms with E-state index >= 15 is 0 Å². The first-order chi connectivity index (χ1) is 15.0. The number of nitrogens with one attached hydrogen (secondary N) is 1. The van der Waals surface area contributed by atoms with Gasteiger partial charge in [-0.3, -0.25) is 4.79 Å². The fraction of sp³-hybridized carbons (Fsp3) is 0.308. The van der Waals surface area contributed by atoms with E-state index in [0.717, 1.165) is 19.3 Å². The Hall–Kier alpha value is -3.02. The number of ether oxygens (including phenoxy) is 1. The SMILES string of the molecule is C[C@@H](N[C@H]1CC[C@@H](c2ccc(C(=O)OC(=O)CN)cc2)C1)c1cccc2ccccc12. The molecule has 5 heteroatoms. The predicted molar refractivity (Wildman–Crippen MR) is 122 cm³/mol. The molecule has 3 aromatic carbocycles. The van der Waals surface area contributed by atoms with Crippen molar-refractivity contribution < 1.29 is 14.3 Å². The summed E-state index contributed by atoms with van der Waals surface area (Å²) in [7, 11) is 0. The molecule has 0 radical (unpaired) electrons. The van der Waals surface area contributed by atoms with Gasteiger partial charge in [-0.1, -0.05) is 54.6 Å². The molecule has 5 nitrogen and oxygen atoms in total. The van der Waals surface area contributed by atoms with E-state index in [4.69, 9.17) is 5.73 Å². The van der Waals surface area contributed by atoms with E-state index in [9.17, 15) is 9.59 Å². The van der Waals surface area contributed by atoms with Crippen molar-refractivity contribution in [2.24, 2.45) is 5.73 Å². The van der Waals surface area contributed by atoms with Gasteiger partial charge in [-0.2, -0.15) is 0 Å². The Morgan fingerprint density at radius 1 is 1.03 bits per heavy atom. The summed E-state index contributed by atoms with van der Waals surface area (Å²) in [4.78, 5) is 23.1. The monoisotopic (exact) mass is 416 g/mol. The van der Waals surface area contributed by atoms with Crippen LogP contribution in [0, 0.1) is 0 Å². The first-order valence-corrected chi connectivity index (χ1v) is 10.8. The molecule has 0 unspecified atom stereocenters. The zero-order chi connectivity index (χ0) is 21.8. The summed E-state index contributed by atoms with van der Waals surface area (Å²) in [5.41, 5.74) is 8.09. The molecule has 3 atom stereocenters. The van der Waals surface area contributed by atoms with Gasteiger partial charge in [0, 0.05) is 12.1 Å². The summed E-state index contributed by atoms with van der Waals surface area (Å²) in [6.07, 6.45) is 3.29. The van der Waals surface area contributed by atoms with Gasteiger partial charge in [0.15, 0.2) is 0 Å². The number of benzene rings is 3. The molecule has 0 amide bonds. The van der Waals surface area contributed by atoms with Gasteiger partial charge >= 0.3 is 11.9 Å². The van der Waals surface area contributed by atoms with Crippen molar-refractivity contribution in [1.29, 1.82) is 0 Å². The summed E-state index contributed by atoms with van der Waals surface area (Å²) >= 11 is 0. The van der Waals surface area contributed by atoms with Gasteiger partial charge in [0.05, 0.1) is 12.1 Å². The van der Waals surface area contributed by atoms with Crippen LogP contribution in [0.4, 0.5) is 0 Å². The topological polar surface area (TPSA) is 81.4 Å². The highest BCUT2D eigenvalue weighted by Gasteiger charge is 2.27. The summed E-state index contributed by atoms with van der Waals surface area (Å²) in [5.74, 6) is -0.927. The number of hydrogen-bond donors (Lipinski definition) is 2. The third-order valence-electron chi connectivity index (χ3n) is 6.20. The first-order valence-electron chi connectivity index (χ1n) is 10.8. The number of hydrogen-bond acceptors (Lipinski definition) is 5. The quantitative estimate of drug-likeness (QED) is 0.458. The second-order valence-corrected chi connectivity index (χ2v) is 8.25. The highest BCUT2D eigenvalue weighted by Crippen LogP contribution is 2.36. The molecule has 3 aromatic rings. The molecule has 160 valence electrons. The number of esters is 2. The molecule has 31 heavy (non-hydrogen) atoms. The third kappa shape index (κ3) is 4.84. The van der Waals surface area contributed by atoms with Crippen LogP contribution in [0.3, 0.4) is 0 Å². The first kappa shape index (κ1) is 21.2. The molecule has 1 aliphatic carbocycles. The Kier molecular flexibility index (Phi) is 6.44. The number of carbonyl (C=O) groups excluding carboxylic acids is 2. The van der Waals surface area contributed by atoms with Gasteiger partial charge in [-0.15, -0.1) is 0 Å². The average Bonchev–Trinajstić information content (AvgIpc) is 3.27. The standard InChI is InChI=1S/C26H28N2O3/c1-17(23-8-4-6-19-5-2-3-7-24(19)23)28-22-14-13-21(15-22)18-9-11-20(12-10-18)26(30)31-25(29)16-27/h2-12,17,21-22,28H,13-16,27H2,1H3/t17-,21-,22+/m1/s1. The molecule has 0 aromatic heterocycles. The maximum absolute atomic E-state index is 11.9. The van der Waals surface area contributed by atoms with E-state index in [2.05, 4.69) is 59.4 Å². The zero-order valence-corrected chi connectivity index (χ0v) is 17.7. The predicted octanol–water partition coefficient (Wildman–Crippen LogP) is 4.47. The van der Waals surface area contributed by atoms with Crippen LogP contribution in [0.1, 0.15) is 59.6 Å². The molecular formula is C26H28N2O3. The van der Waals surface area contributed by atoms with E-state index in [-0.39, 0.29) is 12.6 Å². The van der Waals surface area contributed by atoms with E-state index < -0.39 is 11.9 Å². The van der Waals surface area contributed by atoms with Crippen LogP contribution in [0.2, 0.25) is 0 Å². The lowest BCUT2D eigenvalue weighted by atomic mass is 9.96. The lowest BCUT2D eigenvalue weighted by Gasteiger charge is -2.21. The normalized spacial score (nSPS) is 19.3. The van der Waals surface area contributed by atoms with Crippen LogP contribution >= 0.6 is 0 Å². The fourth-order valence-electron chi connectivity index (χ4n) is 4.60. The number of fused-ring (bicyclic) bond motifs is 1. The molecule has 0 heterocycles. The Labute approximate surface area is 182 Å². The van der Waals surface area contributed by atoms with Gasteiger partial charge in [-0.05, 0) is 66.1 Å². The van der Waals surface area contributed by atoms with Crippen molar-refractivity contribution in [1.82, 2.24) is 5.32 Å². The van der Waals surface area contributed by atoms with Gasteiger partial charge in [-0.25, -0.2) is 4.79 Å². The Morgan fingerprint density at radius 2 is 1.77 bits per heavy atom. The summed E-state index contributed by atoms with van der Waals surface area (Å²) in [5, 5.41) is 6.39. The lowest BCUT2D eigenvalue weighted by Crippen LogP contribution is -2.29. The molecular weight excluding hydrogens is 388 g/mol. The van der Waals surface area contributed by atoms with Crippen molar-refractivity contribution in [3.05, 3.63) is 83.4 Å². The Bertz CT molecular complexity index is 1070. The van der Waals surface area contributed by atoms with Crippen molar-refractivity contribution in [3.63, 3.8) is 0 Å². The summed E-state index contributed by atoms with van der Waals surface area (Å²) in [6.45, 7) is 1.93. The molecule has 0 bridgehead atoms. The number of rotatable bonds is 6. The van der Waals surface area contributed by atoms with Gasteiger partial charge in [0.1, 0.15) is 0 Å². The van der Waals surface area contributed by atoms with Crippen LogP contribution in [0.5, 0.6) is 0 Å². The van der Waals surface area contributed by atoms with Crippen LogP contribution in [0.15, 0.2) is 66.7 Å². The molecule has 1 fully saturated rings. The van der Waals surface area contributed by atoms with E-state index in [1.54, 1.807) is 12.1 Å². The third-order valence-corrected chi connectivity index (χ3v) is 6.20. The molecule has 3 N–H and O–H groups in total. The largest absolute Gasteiger partial charge is 0.388 e. The highest BCUT2D eigenvalue weighted by atomic mass is 16.6. The van der Waals surface area contributed by atoms with Gasteiger partial charge in [0.25, 0.3) is 0 Å². The molecule has 1 aliphatic rings. The van der Waals surface area contributed by atoms with Crippen LogP contribution in [-0.4, -0.2) is 24.5 Å².